The van der Waals surface area contributed by atoms with E-state index in [1.807, 2.05) is 12.1 Å². The van der Waals surface area contributed by atoms with Crippen molar-refractivity contribution in [2.75, 3.05) is 20.1 Å². The van der Waals surface area contributed by atoms with Crippen LogP contribution in [0.4, 0.5) is 4.39 Å². The molecule has 0 radical (unpaired) electrons. The second-order valence-corrected chi connectivity index (χ2v) is 5.30. The van der Waals surface area contributed by atoms with Crippen molar-refractivity contribution in [3.05, 3.63) is 35.6 Å². The Morgan fingerprint density at radius 3 is 2.47 bits per heavy atom. The van der Waals surface area contributed by atoms with Crippen LogP contribution < -0.4 is 10.6 Å². The van der Waals surface area contributed by atoms with Gasteiger partial charge in [0.1, 0.15) is 5.82 Å². The van der Waals surface area contributed by atoms with Crippen molar-refractivity contribution < 1.29 is 9.18 Å². The average Bonchev–Trinajstić information content (AvgIpc) is 2.88. The number of hydrogen-bond donors (Lipinski definition) is 2. The standard InChI is InChI=1S/C15H21FN2O/c1-17-10-14(19)18-11-15(8-2-3-9-15)12-4-6-13(16)7-5-12/h4-7,17H,2-3,8-11H2,1H3,(H,18,19). The van der Waals surface area contributed by atoms with Gasteiger partial charge in [0.05, 0.1) is 6.54 Å². The third-order valence-electron chi connectivity index (χ3n) is 3.98. The van der Waals surface area contributed by atoms with Gasteiger partial charge in [-0.05, 0) is 37.6 Å². The Morgan fingerprint density at radius 1 is 1.26 bits per heavy atom. The van der Waals surface area contributed by atoms with Crippen molar-refractivity contribution >= 4 is 5.91 Å². The monoisotopic (exact) mass is 264 g/mol. The molecule has 1 amide bonds. The van der Waals surface area contributed by atoms with Gasteiger partial charge >= 0.3 is 0 Å². The first kappa shape index (κ1) is 14.0. The molecule has 4 heteroatoms. The molecule has 0 aromatic heterocycles. The first-order valence-electron chi connectivity index (χ1n) is 6.84. The highest BCUT2D eigenvalue weighted by atomic mass is 19.1. The molecular weight excluding hydrogens is 243 g/mol. The topological polar surface area (TPSA) is 41.1 Å². The molecule has 19 heavy (non-hydrogen) atoms. The lowest BCUT2D eigenvalue weighted by molar-refractivity contribution is -0.120. The van der Waals surface area contributed by atoms with E-state index in [0.29, 0.717) is 13.1 Å². The van der Waals surface area contributed by atoms with Crippen LogP contribution in [0.1, 0.15) is 31.2 Å². The van der Waals surface area contributed by atoms with Gasteiger partial charge in [0.2, 0.25) is 5.91 Å². The Balaban J connectivity index is 2.09. The zero-order valence-corrected chi connectivity index (χ0v) is 11.3. The molecule has 0 aliphatic heterocycles. The van der Waals surface area contributed by atoms with Gasteiger partial charge in [-0.15, -0.1) is 0 Å². The molecular formula is C15H21FN2O. The lowest BCUT2D eigenvalue weighted by Gasteiger charge is -2.30. The molecule has 2 rings (SSSR count). The Bertz CT molecular complexity index is 424. The van der Waals surface area contributed by atoms with Crippen LogP contribution in [0.3, 0.4) is 0 Å². The lowest BCUT2D eigenvalue weighted by atomic mass is 9.79. The van der Waals surface area contributed by atoms with Crippen molar-refractivity contribution in [2.24, 2.45) is 0 Å². The van der Waals surface area contributed by atoms with Crippen LogP contribution in [0.2, 0.25) is 0 Å². The van der Waals surface area contributed by atoms with E-state index in [4.69, 9.17) is 0 Å². The van der Waals surface area contributed by atoms with Gasteiger partial charge in [-0.2, -0.15) is 0 Å². The zero-order chi connectivity index (χ0) is 13.7. The average molecular weight is 264 g/mol. The van der Waals surface area contributed by atoms with E-state index in [0.717, 1.165) is 18.4 Å². The first-order chi connectivity index (χ1) is 9.16. The van der Waals surface area contributed by atoms with E-state index in [2.05, 4.69) is 10.6 Å². The molecule has 2 N–H and O–H groups in total. The van der Waals surface area contributed by atoms with Crippen molar-refractivity contribution in [3.8, 4) is 0 Å². The second-order valence-electron chi connectivity index (χ2n) is 5.30. The molecule has 1 fully saturated rings. The van der Waals surface area contributed by atoms with Gasteiger partial charge in [-0.3, -0.25) is 4.79 Å². The maximum Gasteiger partial charge on any atom is 0.233 e. The van der Waals surface area contributed by atoms with E-state index < -0.39 is 0 Å². The first-order valence-corrected chi connectivity index (χ1v) is 6.84. The molecule has 0 atom stereocenters. The Labute approximate surface area is 113 Å². The van der Waals surface area contributed by atoms with Crippen LogP contribution in [-0.2, 0) is 10.2 Å². The maximum absolute atomic E-state index is 13.0. The summed E-state index contributed by atoms with van der Waals surface area (Å²) in [6.45, 7) is 0.971. The number of likely N-dealkylation sites (N-methyl/N-ethyl adjacent to an activating group) is 1. The van der Waals surface area contributed by atoms with E-state index in [9.17, 15) is 9.18 Å². The molecule has 0 bridgehead atoms. The van der Waals surface area contributed by atoms with Crippen LogP contribution in [-0.4, -0.2) is 26.0 Å². The molecule has 3 nitrogen and oxygen atoms in total. The summed E-state index contributed by atoms with van der Waals surface area (Å²) in [6, 6.07) is 6.71. The molecule has 1 aromatic carbocycles. The van der Waals surface area contributed by atoms with Crippen LogP contribution >= 0.6 is 0 Å². The normalized spacial score (nSPS) is 17.4. The summed E-state index contributed by atoms with van der Waals surface area (Å²) < 4.78 is 13.0. The summed E-state index contributed by atoms with van der Waals surface area (Å²) >= 11 is 0. The Hall–Kier alpha value is -1.42. The number of rotatable bonds is 5. The summed E-state index contributed by atoms with van der Waals surface area (Å²) in [6.07, 6.45) is 4.44. The molecule has 1 aromatic rings. The zero-order valence-electron chi connectivity index (χ0n) is 11.3. The van der Waals surface area contributed by atoms with Crippen LogP contribution in [0.25, 0.3) is 0 Å². The molecule has 104 valence electrons. The summed E-state index contributed by atoms with van der Waals surface area (Å²) in [5.41, 5.74) is 1.12. The van der Waals surface area contributed by atoms with Crippen LogP contribution in [0, 0.1) is 5.82 Å². The molecule has 1 aliphatic rings. The fourth-order valence-corrected chi connectivity index (χ4v) is 2.91. The van der Waals surface area contributed by atoms with Gasteiger partial charge in [-0.1, -0.05) is 25.0 Å². The summed E-state index contributed by atoms with van der Waals surface area (Å²) in [5, 5.41) is 5.83. The summed E-state index contributed by atoms with van der Waals surface area (Å²) in [5.74, 6) is -0.202. The number of hydrogen-bond acceptors (Lipinski definition) is 2. The minimum absolute atomic E-state index is 0.0101. The minimum atomic E-state index is -0.212. The smallest absolute Gasteiger partial charge is 0.233 e. The van der Waals surface area contributed by atoms with Crippen molar-refractivity contribution in [1.29, 1.82) is 0 Å². The lowest BCUT2D eigenvalue weighted by Crippen LogP contribution is -2.41. The van der Waals surface area contributed by atoms with E-state index in [-0.39, 0.29) is 17.1 Å². The van der Waals surface area contributed by atoms with Crippen molar-refractivity contribution in [1.82, 2.24) is 10.6 Å². The number of carbonyl (C=O) groups excluding carboxylic acids is 1. The highest BCUT2D eigenvalue weighted by Crippen LogP contribution is 2.40. The van der Waals surface area contributed by atoms with Gasteiger partial charge < -0.3 is 10.6 Å². The van der Waals surface area contributed by atoms with Crippen molar-refractivity contribution in [2.45, 2.75) is 31.1 Å². The Morgan fingerprint density at radius 2 is 1.89 bits per heavy atom. The number of halogens is 1. The number of nitrogens with one attached hydrogen (secondary N) is 2. The van der Waals surface area contributed by atoms with E-state index in [1.54, 1.807) is 7.05 Å². The number of carbonyl (C=O) groups is 1. The van der Waals surface area contributed by atoms with Crippen molar-refractivity contribution in [3.63, 3.8) is 0 Å². The maximum atomic E-state index is 13.0. The molecule has 0 unspecified atom stereocenters. The SMILES string of the molecule is CNCC(=O)NCC1(c2ccc(F)cc2)CCCC1. The Kier molecular flexibility index (Phi) is 4.53. The summed E-state index contributed by atoms with van der Waals surface area (Å²) in [7, 11) is 1.75. The molecule has 0 heterocycles. The van der Waals surface area contributed by atoms with E-state index in [1.165, 1.54) is 25.0 Å². The minimum Gasteiger partial charge on any atom is -0.354 e. The predicted molar refractivity (Wildman–Crippen MR) is 73.5 cm³/mol. The quantitative estimate of drug-likeness (QED) is 0.853. The van der Waals surface area contributed by atoms with Gasteiger partial charge in [-0.25, -0.2) is 4.39 Å². The van der Waals surface area contributed by atoms with Gasteiger partial charge in [0.25, 0.3) is 0 Å². The van der Waals surface area contributed by atoms with Gasteiger partial charge in [0, 0.05) is 12.0 Å². The highest BCUT2D eigenvalue weighted by Gasteiger charge is 2.35. The second kappa shape index (κ2) is 6.15. The third kappa shape index (κ3) is 3.32. The highest BCUT2D eigenvalue weighted by molar-refractivity contribution is 5.78. The molecule has 1 aliphatic carbocycles. The van der Waals surface area contributed by atoms with E-state index >= 15 is 0 Å². The van der Waals surface area contributed by atoms with Crippen LogP contribution in [0.5, 0.6) is 0 Å². The molecule has 0 spiro atoms. The number of amides is 1. The predicted octanol–water partition coefficient (Wildman–Crippen LogP) is 1.97. The molecule has 1 saturated carbocycles. The number of benzene rings is 1. The van der Waals surface area contributed by atoms with Gasteiger partial charge in [0.15, 0.2) is 0 Å². The fourth-order valence-electron chi connectivity index (χ4n) is 2.91. The molecule has 0 saturated heterocycles. The summed E-state index contributed by atoms with van der Waals surface area (Å²) in [4.78, 5) is 11.6. The van der Waals surface area contributed by atoms with Crippen LogP contribution in [0.15, 0.2) is 24.3 Å². The largest absolute Gasteiger partial charge is 0.354 e. The third-order valence-corrected chi connectivity index (χ3v) is 3.98. The fraction of sp³-hybridized carbons (Fsp3) is 0.533.